The number of amides is 2. The predicted molar refractivity (Wildman–Crippen MR) is 126 cm³/mol. The van der Waals surface area contributed by atoms with Crippen molar-refractivity contribution in [1.82, 2.24) is 9.62 Å². The smallest absolute Gasteiger partial charge is 0.242 e. The first-order valence-corrected chi connectivity index (χ1v) is 12.0. The summed E-state index contributed by atoms with van der Waals surface area (Å²) in [6, 6.07) is 9.80. The highest BCUT2D eigenvalue weighted by Gasteiger charge is 2.36. The van der Waals surface area contributed by atoms with E-state index in [0.29, 0.717) is 28.5 Å². The minimum atomic E-state index is -3.66. The average molecular weight is 492 g/mol. The van der Waals surface area contributed by atoms with Crippen LogP contribution in [0.25, 0.3) is 0 Å². The van der Waals surface area contributed by atoms with Gasteiger partial charge in [-0.25, -0.2) is 12.7 Å². The Bertz CT molecular complexity index is 1160. The number of sulfonamides is 1. The second kappa shape index (κ2) is 10.3. The van der Waals surface area contributed by atoms with Gasteiger partial charge in [0.15, 0.2) is 11.5 Å². The molecule has 3 rings (SSSR count). The first kappa shape index (κ1) is 25.3. The highest BCUT2D eigenvalue weighted by molar-refractivity contribution is 7.89. The number of ether oxygens (including phenoxy) is 3. The van der Waals surface area contributed by atoms with Gasteiger partial charge >= 0.3 is 0 Å². The van der Waals surface area contributed by atoms with Crippen LogP contribution in [-0.4, -0.2) is 66.5 Å². The minimum Gasteiger partial charge on any atom is -0.493 e. The van der Waals surface area contributed by atoms with Gasteiger partial charge in [-0.3, -0.25) is 9.59 Å². The van der Waals surface area contributed by atoms with Crippen LogP contribution in [0.2, 0.25) is 0 Å². The Hall–Kier alpha value is -3.31. The Morgan fingerprint density at radius 3 is 2.26 bits per heavy atom. The van der Waals surface area contributed by atoms with Crippen LogP contribution in [0.5, 0.6) is 17.2 Å². The van der Waals surface area contributed by atoms with Crippen LogP contribution in [0.1, 0.15) is 12.0 Å². The number of nitrogens with one attached hydrogen (secondary N) is 1. The number of carbonyl (C=O) groups excluding carboxylic acids is 2. The molecule has 1 saturated heterocycles. The summed E-state index contributed by atoms with van der Waals surface area (Å²) < 4.78 is 42.3. The zero-order valence-corrected chi connectivity index (χ0v) is 20.6. The van der Waals surface area contributed by atoms with Gasteiger partial charge in [-0.05, 0) is 11.6 Å². The molecule has 10 nitrogen and oxygen atoms in total. The number of hydrogen-bond donors (Lipinski definition) is 1. The van der Waals surface area contributed by atoms with Crippen molar-refractivity contribution >= 4 is 27.5 Å². The molecule has 0 bridgehead atoms. The van der Waals surface area contributed by atoms with Crippen LogP contribution < -0.4 is 24.4 Å². The quantitative estimate of drug-likeness (QED) is 0.567. The Kier molecular flexibility index (Phi) is 7.68. The Labute approximate surface area is 199 Å². The summed E-state index contributed by atoms with van der Waals surface area (Å²) in [6.45, 7) is 0.192. The topological polar surface area (TPSA) is 114 Å². The molecule has 1 fully saturated rings. The SMILES string of the molecule is COc1cc(N2CC(C(=O)NCc3ccccc3S(=O)(=O)N(C)C)CC2=O)cc(OC)c1OC. The predicted octanol–water partition coefficient (Wildman–Crippen LogP) is 1.63. The molecule has 1 unspecified atom stereocenters. The van der Waals surface area contributed by atoms with Gasteiger partial charge in [0, 0.05) is 45.7 Å². The summed E-state index contributed by atoms with van der Waals surface area (Å²) in [4.78, 5) is 27.2. The van der Waals surface area contributed by atoms with E-state index in [4.69, 9.17) is 14.2 Å². The van der Waals surface area contributed by atoms with Gasteiger partial charge in [0.2, 0.25) is 27.6 Å². The average Bonchev–Trinajstić information content (AvgIpc) is 3.23. The van der Waals surface area contributed by atoms with Gasteiger partial charge in [-0.2, -0.15) is 0 Å². The second-order valence-electron chi connectivity index (χ2n) is 7.90. The highest BCUT2D eigenvalue weighted by Crippen LogP contribution is 2.42. The summed E-state index contributed by atoms with van der Waals surface area (Å²) in [7, 11) is 3.70. The van der Waals surface area contributed by atoms with Crippen molar-refractivity contribution in [1.29, 1.82) is 0 Å². The molecule has 2 aromatic rings. The molecular formula is C23H29N3O7S. The number of nitrogens with zero attached hydrogens (tertiary/aromatic N) is 2. The van der Waals surface area contributed by atoms with Crippen molar-refractivity contribution in [3.05, 3.63) is 42.0 Å². The van der Waals surface area contributed by atoms with Crippen LogP contribution in [0.15, 0.2) is 41.3 Å². The number of hydrogen-bond acceptors (Lipinski definition) is 7. The van der Waals surface area contributed by atoms with Crippen molar-refractivity contribution in [2.75, 3.05) is 46.9 Å². The van der Waals surface area contributed by atoms with Gasteiger partial charge in [0.05, 0.1) is 37.8 Å². The lowest BCUT2D eigenvalue weighted by atomic mass is 10.1. The molecule has 1 aliphatic rings. The third kappa shape index (κ3) is 4.95. The van der Waals surface area contributed by atoms with E-state index in [9.17, 15) is 18.0 Å². The fourth-order valence-electron chi connectivity index (χ4n) is 3.78. The fourth-order valence-corrected chi connectivity index (χ4v) is 4.90. The van der Waals surface area contributed by atoms with E-state index in [1.165, 1.54) is 46.4 Å². The van der Waals surface area contributed by atoms with Crippen molar-refractivity contribution in [2.45, 2.75) is 17.9 Å². The molecule has 11 heteroatoms. The van der Waals surface area contributed by atoms with E-state index in [2.05, 4.69) is 5.32 Å². The number of rotatable bonds is 9. The second-order valence-corrected chi connectivity index (χ2v) is 10.0. The maximum atomic E-state index is 12.9. The number of methoxy groups -OCH3 is 3. The first-order valence-electron chi connectivity index (χ1n) is 10.5. The molecule has 1 atom stereocenters. The van der Waals surface area contributed by atoms with Crippen LogP contribution in [0, 0.1) is 5.92 Å². The van der Waals surface area contributed by atoms with E-state index in [0.717, 1.165) is 4.31 Å². The summed E-state index contributed by atoms with van der Waals surface area (Å²) in [5.41, 5.74) is 0.993. The van der Waals surface area contributed by atoms with Gasteiger partial charge in [-0.15, -0.1) is 0 Å². The van der Waals surface area contributed by atoms with E-state index in [1.54, 1.807) is 30.3 Å². The van der Waals surface area contributed by atoms with Crippen LogP contribution in [0.3, 0.4) is 0 Å². The molecule has 0 aliphatic carbocycles. The standard InChI is InChI=1S/C23H29N3O7S/c1-25(2)34(29,30)20-9-7-6-8-15(20)13-24-23(28)16-10-21(27)26(14-16)17-11-18(31-3)22(33-5)19(12-17)32-4/h6-9,11-12,16H,10,13-14H2,1-5H3,(H,24,28). The molecule has 0 aromatic heterocycles. The van der Waals surface area contributed by atoms with E-state index in [1.807, 2.05) is 0 Å². The lowest BCUT2D eigenvalue weighted by Gasteiger charge is -2.20. The summed E-state index contributed by atoms with van der Waals surface area (Å²) in [5, 5.41) is 2.78. The molecular weight excluding hydrogens is 462 g/mol. The van der Waals surface area contributed by atoms with Crippen molar-refractivity contribution < 1.29 is 32.2 Å². The molecule has 0 radical (unpaired) electrons. The van der Waals surface area contributed by atoms with Gasteiger partial charge < -0.3 is 24.4 Å². The van der Waals surface area contributed by atoms with Gasteiger partial charge in [-0.1, -0.05) is 18.2 Å². The number of carbonyl (C=O) groups is 2. The fraction of sp³-hybridized carbons (Fsp3) is 0.391. The van der Waals surface area contributed by atoms with Gasteiger partial charge in [0.25, 0.3) is 0 Å². The maximum Gasteiger partial charge on any atom is 0.242 e. The van der Waals surface area contributed by atoms with Crippen LogP contribution >= 0.6 is 0 Å². The zero-order chi connectivity index (χ0) is 25.0. The Balaban J connectivity index is 1.75. The van der Waals surface area contributed by atoms with Gasteiger partial charge in [0.1, 0.15) is 0 Å². The third-order valence-corrected chi connectivity index (χ3v) is 7.56. The first-order chi connectivity index (χ1) is 16.1. The lowest BCUT2D eigenvalue weighted by Crippen LogP contribution is -2.33. The van der Waals surface area contributed by atoms with Crippen LogP contribution in [-0.2, 0) is 26.2 Å². The normalized spacial score (nSPS) is 16.0. The van der Waals surface area contributed by atoms with Crippen molar-refractivity contribution in [2.24, 2.45) is 5.92 Å². The van der Waals surface area contributed by atoms with E-state index >= 15 is 0 Å². The van der Waals surface area contributed by atoms with E-state index in [-0.39, 0.29) is 36.2 Å². The molecule has 2 amide bonds. The molecule has 0 saturated carbocycles. The Morgan fingerprint density at radius 2 is 1.71 bits per heavy atom. The number of anilines is 1. The molecule has 34 heavy (non-hydrogen) atoms. The highest BCUT2D eigenvalue weighted by atomic mass is 32.2. The number of benzene rings is 2. The van der Waals surface area contributed by atoms with E-state index < -0.39 is 15.9 Å². The van der Waals surface area contributed by atoms with Crippen molar-refractivity contribution in [3.8, 4) is 17.2 Å². The molecule has 2 aromatic carbocycles. The van der Waals surface area contributed by atoms with Crippen LogP contribution in [0.4, 0.5) is 5.69 Å². The summed E-state index contributed by atoms with van der Waals surface area (Å²) in [5.74, 6) is 0.0584. The molecule has 1 N–H and O–H groups in total. The molecule has 0 spiro atoms. The maximum absolute atomic E-state index is 12.9. The molecule has 184 valence electrons. The molecule has 1 aliphatic heterocycles. The zero-order valence-electron chi connectivity index (χ0n) is 19.8. The third-order valence-electron chi connectivity index (χ3n) is 5.64. The lowest BCUT2D eigenvalue weighted by molar-refractivity contribution is -0.126. The largest absolute Gasteiger partial charge is 0.493 e. The summed E-state index contributed by atoms with van der Waals surface area (Å²) >= 11 is 0. The van der Waals surface area contributed by atoms with Crippen molar-refractivity contribution in [3.63, 3.8) is 0 Å². The molecule has 1 heterocycles. The summed E-state index contributed by atoms with van der Waals surface area (Å²) in [6.07, 6.45) is 0.0279. The Morgan fingerprint density at radius 1 is 1.09 bits per heavy atom. The monoisotopic (exact) mass is 491 g/mol. The minimum absolute atomic E-state index is 0.0248.